The summed E-state index contributed by atoms with van der Waals surface area (Å²) in [6.07, 6.45) is 0.199. The van der Waals surface area contributed by atoms with Gasteiger partial charge in [0, 0.05) is 12.6 Å². The molecule has 0 aliphatic heterocycles. The van der Waals surface area contributed by atoms with Crippen molar-refractivity contribution in [1.29, 1.82) is 0 Å². The predicted octanol–water partition coefficient (Wildman–Crippen LogP) is 3.10. The maximum Gasteiger partial charge on any atom is 0.337 e. The highest BCUT2D eigenvalue weighted by Crippen LogP contribution is 2.18. The molecule has 0 radical (unpaired) electrons. The van der Waals surface area contributed by atoms with E-state index in [-0.39, 0.29) is 12.3 Å². The van der Waals surface area contributed by atoms with Crippen LogP contribution in [0, 0.1) is 6.92 Å². The van der Waals surface area contributed by atoms with Gasteiger partial charge in [-0.15, -0.1) is 0 Å². The minimum Gasteiger partial charge on any atom is -0.465 e. The van der Waals surface area contributed by atoms with Crippen LogP contribution >= 0.6 is 0 Å². The number of aromatic nitrogens is 1. The van der Waals surface area contributed by atoms with Gasteiger partial charge in [-0.1, -0.05) is 12.1 Å². The van der Waals surface area contributed by atoms with E-state index in [9.17, 15) is 9.59 Å². The quantitative estimate of drug-likeness (QED) is 0.746. The standard InChI is InChI=1S/C18H16N2O4/c1-11-19-15-8-12(6-7-16(15)24-11)9-17(21)20-14-5-3-4-13(10-14)18(22)23-2/h3-8,10H,9H2,1-2H3,(H,20,21). The number of nitrogens with zero attached hydrogens (tertiary/aromatic N) is 1. The van der Waals surface area contributed by atoms with Crippen LogP contribution in [0.2, 0.25) is 0 Å². The minimum absolute atomic E-state index is 0.184. The van der Waals surface area contributed by atoms with Crippen molar-refractivity contribution in [1.82, 2.24) is 4.98 Å². The minimum atomic E-state index is -0.446. The normalized spacial score (nSPS) is 10.6. The molecular weight excluding hydrogens is 308 g/mol. The number of benzene rings is 2. The average Bonchev–Trinajstić information content (AvgIpc) is 2.93. The smallest absolute Gasteiger partial charge is 0.337 e. The summed E-state index contributed by atoms with van der Waals surface area (Å²) in [6.45, 7) is 1.78. The number of anilines is 1. The van der Waals surface area contributed by atoms with Crippen LogP contribution < -0.4 is 5.32 Å². The molecule has 0 aliphatic rings. The molecule has 0 spiro atoms. The fourth-order valence-corrected chi connectivity index (χ4v) is 2.43. The first-order chi connectivity index (χ1) is 11.5. The number of hydrogen-bond donors (Lipinski definition) is 1. The number of fused-ring (bicyclic) bond motifs is 1. The highest BCUT2D eigenvalue weighted by Gasteiger charge is 2.10. The molecule has 1 heterocycles. The molecule has 2 aromatic carbocycles. The lowest BCUT2D eigenvalue weighted by Crippen LogP contribution is -2.14. The summed E-state index contributed by atoms with van der Waals surface area (Å²) in [7, 11) is 1.31. The highest BCUT2D eigenvalue weighted by molar-refractivity contribution is 5.95. The Hall–Kier alpha value is -3.15. The van der Waals surface area contributed by atoms with Crippen molar-refractivity contribution in [3.05, 3.63) is 59.5 Å². The summed E-state index contributed by atoms with van der Waals surface area (Å²) < 4.78 is 10.1. The van der Waals surface area contributed by atoms with Gasteiger partial charge in [0.2, 0.25) is 5.91 Å². The molecule has 1 N–H and O–H groups in total. The van der Waals surface area contributed by atoms with Crippen molar-refractivity contribution < 1.29 is 18.7 Å². The van der Waals surface area contributed by atoms with Crippen molar-refractivity contribution >= 4 is 28.7 Å². The molecule has 1 amide bonds. The van der Waals surface area contributed by atoms with Gasteiger partial charge in [0.25, 0.3) is 0 Å². The summed E-state index contributed by atoms with van der Waals surface area (Å²) in [5.74, 6) is -0.0410. The molecule has 0 aliphatic carbocycles. The van der Waals surface area contributed by atoms with Crippen LogP contribution in [0.4, 0.5) is 5.69 Å². The van der Waals surface area contributed by atoms with Crippen LogP contribution in [0.5, 0.6) is 0 Å². The number of oxazole rings is 1. The zero-order valence-electron chi connectivity index (χ0n) is 13.3. The van der Waals surface area contributed by atoms with Crippen molar-refractivity contribution in [3.8, 4) is 0 Å². The Morgan fingerprint density at radius 3 is 2.83 bits per heavy atom. The molecule has 6 nitrogen and oxygen atoms in total. The fraction of sp³-hybridized carbons (Fsp3) is 0.167. The fourth-order valence-electron chi connectivity index (χ4n) is 2.43. The molecule has 6 heteroatoms. The number of amides is 1. The molecule has 3 aromatic rings. The first-order valence-corrected chi connectivity index (χ1v) is 7.39. The Balaban J connectivity index is 1.71. The maximum atomic E-state index is 12.2. The van der Waals surface area contributed by atoms with Crippen molar-refractivity contribution in [2.45, 2.75) is 13.3 Å². The van der Waals surface area contributed by atoms with Gasteiger partial charge in [-0.25, -0.2) is 9.78 Å². The Labute approximate surface area is 138 Å². The van der Waals surface area contributed by atoms with Crippen LogP contribution in [0.1, 0.15) is 21.8 Å². The topological polar surface area (TPSA) is 81.4 Å². The second kappa shape index (κ2) is 6.54. The van der Waals surface area contributed by atoms with Crippen molar-refractivity contribution in [2.24, 2.45) is 0 Å². The number of carbonyl (C=O) groups excluding carboxylic acids is 2. The van der Waals surface area contributed by atoms with Crippen LogP contribution in [-0.2, 0) is 16.0 Å². The Bertz CT molecular complexity index is 914. The highest BCUT2D eigenvalue weighted by atomic mass is 16.5. The summed E-state index contributed by atoms with van der Waals surface area (Å²) in [6, 6.07) is 12.1. The van der Waals surface area contributed by atoms with Gasteiger partial charge in [-0.2, -0.15) is 0 Å². The summed E-state index contributed by atoms with van der Waals surface area (Å²) in [4.78, 5) is 28.0. The van der Waals surface area contributed by atoms with Gasteiger partial charge >= 0.3 is 5.97 Å². The molecule has 1 aromatic heterocycles. The van der Waals surface area contributed by atoms with Gasteiger partial charge in [0.15, 0.2) is 11.5 Å². The van der Waals surface area contributed by atoms with E-state index in [4.69, 9.17) is 4.42 Å². The zero-order chi connectivity index (χ0) is 17.1. The maximum absolute atomic E-state index is 12.2. The van der Waals surface area contributed by atoms with Gasteiger partial charge in [0.05, 0.1) is 19.1 Å². The number of methoxy groups -OCH3 is 1. The lowest BCUT2D eigenvalue weighted by atomic mass is 10.1. The molecule has 122 valence electrons. The van der Waals surface area contributed by atoms with E-state index in [0.29, 0.717) is 22.7 Å². The van der Waals surface area contributed by atoms with E-state index >= 15 is 0 Å². The first-order valence-electron chi connectivity index (χ1n) is 7.39. The molecule has 0 saturated heterocycles. The number of aryl methyl sites for hydroxylation is 1. The van der Waals surface area contributed by atoms with E-state index in [0.717, 1.165) is 11.1 Å². The SMILES string of the molecule is COC(=O)c1cccc(NC(=O)Cc2ccc3oc(C)nc3c2)c1. The molecule has 0 bridgehead atoms. The largest absolute Gasteiger partial charge is 0.465 e. The Kier molecular flexibility index (Phi) is 4.29. The molecule has 0 saturated carbocycles. The van der Waals surface area contributed by atoms with Gasteiger partial charge < -0.3 is 14.5 Å². The average molecular weight is 324 g/mol. The van der Waals surface area contributed by atoms with E-state index < -0.39 is 5.97 Å². The second-order valence-corrected chi connectivity index (χ2v) is 5.33. The third-order valence-corrected chi connectivity index (χ3v) is 3.49. The molecular formula is C18H16N2O4. The number of rotatable bonds is 4. The Morgan fingerprint density at radius 2 is 2.04 bits per heavy atom. The summed E-state index contributed by atoms with van der Waals surface area (Å²) in [5, 5.41) is 2.77. The number of esters is 1. The molecule has 24 heavy (non-hydrogen) atoms. The Morgan fingerprint density at radius 1 is 1.21 bits per heavy atom. The van der Waals surface area contributed by atoms with E-state index in [1.807, 2.05) is 12.1 Å². The molecule has 0 unspecified atom stereocenters. The number of carbonyl (C=O) groups is 2. The van der Waals surface area contributed by atoms with Gasteiger partial charge in [0.1, 0.15) is 5.52 Å². The van der Waals surface area contributed by atoms with Crippen molar-refractivity contribution in [3.63, 3.8) is 0 Å². The van der Waals surface area contributed by atoms with Crippen LogP contribution in [0.3, 0.4) is 0 Å². The zero-order valence-corrected chi connectivity index (χ0v) is 13.3. The van der Waals surface area contributed by atoms with Gasteiger partial charge in [-0.05, 0) is 35.9 Å². The predicted molar refractivity (Wildman–Crippen MR) is 88.9 cm³/mol. The van der Waals surface area contributed by atoms with E-state index in [2.05, 4.69) is 15.0 Å². The lowest BCUT2D eigenvalue weighted by Gasteiger charge is -2.07. The third-order valence-electron chi connectivity index (χ3n) is 3.49. The van der Waals surface area contributed by atoms with E-state index in [1.54, 1.807) is 37.3 Å². The molecule has 0 fully saturated rings. The van der Waals surface area contributed by atoms with Crippen LogP contribution in [0.25, 0.3) is 11.1 Å². The van der Waals surface area contributed by atoms with E-state index in [1.165, 1.54) is 7.11 Å². The molecule has 0 atom stereocenters. The number of ether oxygens (including phenoxy) is 1. The lowest BCUT2D eigenvalue weighted by molar-refractivity contribution is -0.115. The second-order valence-electron chi connectivity index (χ2n) is 5.33. The number of nitrogens with one attached hydrogen (secondary N) is 1. The van der Waals surface area contributed by atoms with Crippen molar-refractivity contribution in [2.75, 3.05) is 12.4 Å². The molecule has 3 rings (SSSR count). The monoisotopic (exact) mass is 324 g/mol. The first kappa shape index (κ1) is 15.7. The summed E-state index contributed by atoms with van der Waals surface area (Å²) in [5.41, 5.74) is 3.18. The third kappa shape index (κ3) is 3.43. The van der Waals surface area contributed by atoms with Gasteiger partial charge in [-0.3, -0.25) is 4.79 Å². The number of hydrogen-bond acceptors (Lipinski definition) is 5. The van der Waals surface area contributed by atoms with Crippen LogP contribution in [-0.4, -0.2) is 24.0 Å². The van der Waals surface area contributed by atoms with Crippen LogP contribution in [0.15, 0.2) is 46.9 Å². The summed E-state index contributed by atoms with van der Waals surface area (Å²) >= 11 is 0.